The Hall–Kier alpha value is -3.59. The molecule has 38 heavy (non-hydrogen) atoms. The number of aryl methyl sites for hydroxylation is 1. The molecule has 0 saturated carbocycles. The van der Waals surface area contributed by atoms with Crippen molar-refractivity contribution in [2.45, 2.75) is 35.1 Å². The van der Waals surface area contributed by atoms with Gasteiger partial charge in [-0.05, 0) is 68.4 Å². The van der Waals surface area contributed by atoms with Crippen LogP contribution < -0.4 is 10.1 Å². The van der Waals surface area contributed by atoms with Crippen molar-refractivity contribution in [1.82, 2.24) is 4.31 Å². The number of anilines is 1. The first-order valence-corrected chi connectivity index (χ1v) is 14.5. The number of sulfonamides is 1. The summed E-state index contributed by atoms with van der Waals surface area (Å²) in [6, 6.07) is 29.4. The molecule has 4 aromatic carbocycles. The zero-order valence-electron chi connectivity index (χ0n) is 21.5. The second-order valence-corrected chi connectivity index (χ2v) is 11.9. The van der Waals surface area contributed by atoms with Crippen LogP contribution in [-0.2, 0) is 16.6 Å². The molecule has 0 aliphatic heterocycles. The first-order chi connectivity index (χ1) is 18.3. The Morgan fingerprint density at radius 1 is 0.921 bits per heavy atom. The first-order valence-electron chi connectivity index (χ1n) is 12.2. The molecule has 196 valence electrons. The van der Waals surface area contributed by atoms with Gasteiger partial charge < -0.3 is 10.1 Å². The second-order valence-electron chi connectivity index (χ2n) is 8.70. The van der Waals surface area contributed by atoms with Crippen molar-refractivity contribution < 1.29 is 17.9 Å². The fourth-order valence-corrected chi connectivity index (χ4v) is 5.90. The van der Waals surface area contributed by atoms with Gasteiger partial charge in [-0.25, -0.2) is 8.42 Å². The lowest BCUT2D eigenvalue weighted by molar-refractivity contribution is 0.102. The number of nitrogens with one attached hydrogen (secondary N) is 1. The molecule has 0 aromatic heterocycles. The number of hydrogen-bond donors (Lipinski definition) is 1. The number of ether oxygens (including phenoxy) is 1. The molecule has 0 atom stereocenters. The SMILES string of the molecule is CCOc1ccc(C(=O)Nc2ccccc2Sc2ccccc2)cc1CN(C)S(=O)(=O)c1ccc(C)cc1. The molecular formula is C30H30N2O4S2. The molecule has 0 fully saturated rings. The summed E-state index contributed by atoms with van der Waals surface area (Å²) in [5.41, 5.74) is 2.68. The lowest BCUT2D eigenvalue weighted by Crippen LogP contribution is -2.27. The van der Waals surface area contributed by atoms with E-state index in [-0.39, 0.29) is 17.3 Å². The van der Waals surface area contributed by atoms with Gasteiger partial charge in [-0.15, -0.1) is 0 Å². The zero-order valence-corrected chi connectivity index (χ0v) is 23.2. The minimum Gasteiger partial charge on any atom is -0.494 e. The molecule has 1 amide bonds. The number of amides is 1. The zero-order chi connectivity index (χ0) is 27.1. The Balaban J connectivity index is 1.57. The smallest absolute Gasteiger partial charge is 0.255 e. The molecule has 0 aliphatic carbocycles. The highest BCUT2D eigenvalue weighted by Crippen LogP contribution is 2.33. The summed E-state index contributed by atoms with van der Waals surface area (Å²) in [6.07, 6.45) is 0. The molecule has 0 radical (unpaired) electrons. The lowest BCUT2D eigenvalue weighted by atomic mass is 10.1. The van der Waals surface area contributed by atoms with Crippen LogP contribution in [-0.4, -0.2) is 32.3 Å². The van der Waals surface area contributed by atoms with Crippen molar-refractivity contribution in [3.05, 3.63) is 114 Å². The molecular weight excluding hydrogens is 516 g/mol. The van der Waals surface area contributed by atoms with E-state index in [1.165, 1.54) is 11.4 Å². The average molecular weight is 547 g/mol. The van der Waals surface area contributed by atoms with E-state index >= 15 is 0 Å². The summed E-state index contributed by atoms with van der Waals surface area (Å²) in [4.78, 5) is 15.5. The monoisotopic (exact) mass is 546 g/mol. The van der Waals surface area contributed by atoms with Gasteiger partial charge in [-0.1, -0.05) is 59.8 Å². The topological polar surface area (TPSA) is 75.7 Å². The van der Waals surface area contributed by atoms with Gasteiger partial charge in [0.05, 0.1) is 17.2 Å². The molecule has 0 heterocycles. The van der Waals surface area contributed by atoms with Gasteiger partial charge >= 0.3 is 0 Å². The minimum atomic E-state index is -3.73. The molecule has 0 saturated heterocycles. The van der Waals surface area contributed by atoms with Crippen molar-refractivity contribution in [3.8, 4) is 5.75 Å². The van der Waals surface area contributed by atoms with E-state index in [1.807, 2.05) is 68.4 Å². The summed E-state index contributed by atoms with van der Waals surface area (Å²) >= 11 is 1.57. The van der Waals surface area contributed by atoms with Crippen LogP contribution >= 0.6 is 11.8 Å². The third-order valence-corrected chi connectivity index (χ3v) is 8.75. The number of rotatable bonds is 10. The first kappa shape index (κ1) is 27.4. The van der Waals surface area contributed by atoms with E-state index in [0.29, 0.717) is 29.2 Å². The van der Waals surface area contributed by atoms with Gasteiger partial charge in [0.25, 0.3) is 5.91 Å². The van der Waals surface area contributed by atoms with Crippen LogP contribution in [0.4, 0.5) is 5.69 Å². The number of hydrogen-bond acceptors (Lipinski definition) is 5. The van der Waals surface area contributed by atoms with Crippen LogP contribution in [0.25, 0.3) is 0 Å². The van der Waals surface area contributed by atoms with Gasteiger partial charge in [-0.3, -0.25) is 4.79 Å². The van der Waals surface area contributed by atoms with Crippen LogP contribution in [0.3, 0.4) is 0 Å². The fraction of sp³-hybridized carbons (Fsp3) is 0.167. The predicted molar refractivity (Wildman–Crippen MR) is 152 cm³/mol. The third kappa shape index (κ3) is 6.64. The van der Waals surface area contributed by atoms with Crippen LogP contribution in [0.15, 0.2) is 112 Å². The summed E-state index contributed by atoms with van der Waals surface area (Å²) in [5, 5.41) is 3.01. The average Bonchev–Trinajstić information content (AvgIpc) is 2.91. The number of para-hydroxylation sites is 1. The maximum atomic E-state index is 13.3. The summed E-state index contributed by atoms with van der Waals surface area (Å²) in [7, 11) is -2.21. The van der Waals surface area contributed by atoms with Gasteiger partial charge in [-0.2, -0.15) is 4.31 Å². The van der Waals surface area contributed by atoms with Crippen molar-refractivity contribution >= 4 is 33.4 Å². The molecule has 0 unspecified atom stereocenters. The second kappa shape index (κ2) is 12.3. The molecule has 8 heteroatoms. The molecule has 1 N–H and O–H groups in total. The Labute approximate surface area is 228 Å². The van der Waals surface area contributed by atoms with Crippen molar-refractivity contribution in [2.24, 2.45) is 0 Å². The number of carbonyl (C=O) groups is 1. The maximum Gasteiger partial charge on any atom is 0.255 e. The Kier molecular flexibility index (Phi) is 8.89. The Bertz CT molecular complexity index is 1510. The van der Waals surface area contributed by atoms with Gasteiger partial charge in [0, 0.05) is 34.5 Å². The summed E-state index contributed by atoms with van der Waals surface area (Å²) in [5.74, 6) is 0.245. The minimum absolute atomic E-state index is 0.0487. The third-order valence-electron chi connectivity index (χ3n) is 5.85. The number of carbonyl (C=O) groups excluding carboxylic acids is 1. The molecule has 0 aliphatic rings. The standard InChI is InChI=1S/C30H30N2O4S2/c1-4-36-28-19-16-23(20-24(28)21-32(3)38(34,35)26-17-14-22(2)15-18-26)30(33)31-27-12-8-9-13-29(27)37-25-10-6-5-7-11-25/h5-20H,4,21H2,1-3H3,(H,31,33). The highest BCUT2D eigenvalue weighted by Gasteiger charge is 2.23. The molecule has 4 rings (SSSR count). The number of benzene rings is 4. The number of nitrogens with zero attached hydrogens (tertiary/aromatic N) is 1. The summed E-state index contributed by atoms with van der Waals surface area (Å²) in [6.45, 7) is 4.23. The highest BCUT2D eigenvalue weighted by atomic mass is 32.2. The van der Waals surface area contributed by atoms with E-state index in [9.17, 15) is 13.2 Å². The van der Waals surface area contributed by atoms with E-state index in [0.717, 1.165) is 15.4 Å². The van der Waals surface area contributed by atoms with E-state index in [4.69, 9.17) is 4.74 Å². The Morgan fingerprint density at radius 3 is 2.32 bits per heavy atom. The van der Waals surface area contributed by atoms with Gasteiger partial charge in [0.2, 0.25) is 10.0 Å². The quantitative estimate of drug-likeness (QED) is 0.242. The summed E-state index contributed by atoms with van der Waals surface area (Å²) < 4.78 is 33.4. The molecule has 0 spiro atoms. The van der Waals surface area contributed by atoms with Crippen molar-refractivity contribution in [3.63, 3.8) is 0 Å². The van der Waals surface area contributed by atoms with Gasteiger partial charge in [0.15, 0.2) is 0 Å². The molecule has 6 nitrogen and oxygen atoms in total. The van der Waals surface area contributed by atoms with E-state index in [1.54, 1.807) is 54.2 Å². The molecule has 4 aromatic rings. The van der Waals surface area contributed by atoms with Crippen LogP contribution in [0, 0.1) is 6.92 Å². The van der Waals surface area contributed by atoms with E-state index < -0.39 is 10.0 Å². The predicted octanol–water partition coefficient (Wildman–Crippen LogP) is 6.62. The van der Waals surface area contributed by atoms with Crippen LogP contribution in [0.5, 0.6) is 5.75 Å². The lowest BCUT2D eigenvalue weighted by Gasteiger charge is -2.20. The molecule has 0 bridgehead atoms. The van der Waals surface area contributed by atoms with Gasteiger partial charge in [0.1, 0.15) is 5.75 Å². The van der Waals surface area contributed by atoms with Crippen LogP contribution in [0.2, 0.25) is 0 Å². The Morgan fingerprint density at radius 2 is 1.61 bits per heavy atom. The van der Waals surface area contributed by atoms with Crippen LogP contribution in [0.1, 0.15) is 28.4 Å². The maximum absolute atomic E-state index is 13.3. The van der Waals surface area contributed by atoms with Crippen molar-refractivity contribution in [2.75, 3.05) is 19.0 Å². The fourth-order valence-electron chi connectivity index (χ4n) is 3.82. The largest absolute Gasteiger partial charge is 0.494 e. The highest BCUT2D eigenvalue weighted by molar-refractivity contribution is 7.99. The normalized spacial score (nSPS) is 11.4. The van der Waals surface area contributed by atoms with E-state index in [2.05, 4.69) is 5.32 Å². The van der Waals surface area contributed by atoms with Crippen molar-refractivity contribution in [1.29, 1.82) is 0 Å².